The zero-order chi connectivity index (χ0) is 23.7. The number of H-pyrrole nitrogens is 1. The largest absolute Gasteiger partial charge is 0.364 e. The van der Waals surface area contributed by atoms with Crippen molar-refractivity contribution < 1.29 is 9.59 Å². The highest BCUT2D eigenvalue weighted by atomic mass is 16.1. The number of para-hydroxylation sites is 1. The lowest BCUT2D eigenvalue weighted by Crippen LogP contribution is -2.23. The number of pyridine rings is 1. The number of nitrogens with zero attached hydrogens (tertiary/aromatic N) is 1. The number of aromatic nitrogens is 2. The quantitative estimate of drug-likeness (QED) is 0.414. The molecule has 0 aliphatic carbocycles. The van der Waals surface area contributed by atoms with Gasteiger partial charge in [0.1, 0.15) is 5.69 Å². The lowest BCUT2D eigenvalue weighted by Gasteiger charge is -2.18. The Hall–Kier alpha value is -3.93. The predicted molar refractivity (Wildman–Crippen MR) is 130 cm³/mol. The molecule has 1 unspecified atom stereocenters. The number of aromatic amines is 1. The Morgan fingerprint density at radius 1 is 1.03 bits per heavy atom. The van der Waals surface area contributed by atoms with E-state index in [-0.39, 0.29) is 35.9 Å². The van der Waals surface area contributed by atoms with Crippen molar-refractivity contribution in [2.24, 2.45) is 5.73 Å². The molecule has 6 heteroatoms. The maximum atomic E-state index is 13.5. The number of aryl methyl sites for hydroxylation is 2. The molecule has 0 spiro atoms. The van der Waals surface area contributed by atoms with E-state index < -0.39 is 5.91 Å². The number of Topliss-reactive ketones (excluding diaryl/α,β-unsaturated/α-hetero) is 1. The van der Waals surface area contributed by atoms with Gasteiger partial charge in [-0.05, 0) is 50.5 Å². The molecule has 168 valence electrons. The lowest BCUT2D eigenvalue weighted by molar-refractivity contribution is 0.0953. The number of hydrogen-bond acceptors (Lipinski definition) is 3. The van der Waals surface area contributed by atoms with E-state index in [2.05, 4.69) is 4.98 Å². The van der Waals surface area contributed by atoms with E-state index >= 15 is 0 Å². The Kier molecular flexibility index (Phi) is 6.01. The second kappa shape index (κ2) is 8.90. The van der Waals surface area contributed by atoms with E-state index in [0.717, 1.165) is 22.3 Å². The first-order valence-electron chi connectivity index (χ1n) is 11.0. The average Bonchev–Trinajstić information content (AvgIpc) is 3.14. The molecular weight excluding hydrogens is 414 g/mol. The number of benzene rings is 2. The molecule has 3 N–H and O–H groups in total. The molecule has 1 amide bonds. The Balaban J connectivity index is 1.81. The van der Waals surface area contributed by atoms with E-state index in [4.69, 9.17) is 5.73 Å². The molecule has 0 bridgehead atoms. The van der Waals surface area contributed by atoms with Gasteiger partial charge in [0.05, 0.1) is 11.6 Å². The van der Waals surface area contributed by atoms with Crippen LogP contribution in [0, 0.1) is 13.8 Å². The van der Waals surface area contributed by atoms with Crippen LogP contribution in [0.1, 0.15) is 62.6 Å². The highest BCUT2D eigenvalue weighted by Crippen LogP contribution is 2.33. The number of primary amides is 1. The van der Waals surface area contributed by atoms with E-state index in [9.17, 15) is 14.4 Å². The van der Waals surface area contributed by atoms with E-state index in [1.807, 2.05) is 86.0 Å². The molecule has 2 aromatic heterocycles. The van der Waals surface area contributed by atoms with Crippen LogP contribution in [0.5, 0.6) is 0 Å². The van der Waals surface area contributed by atoms with Gasteiger partial charge in [-0.1, -0.05) is 48.5 Å². The molecule has 0 saturated carbocycles. The Labute approximate surface area is 192 Å². The van der Waals surface area contributed by atoms with Gasteiger partial charge in [0.25, 0.3) is 11.5 Å². The molecule has 2 aromatic carbocycles. The third-order valence-corrected chi connectivity index (χ3v) is 6.19. The van der Waals surface area contributed by atoms with Crippen molar-refractivity contribution in [2.45, 2.75) is 39.7 Å². The molecule has 0 aliphatic rings. The minimum atomic E-state index is -0.651. The van der Waals surface area contributed by atoms with Crippen LogP contribution in [0.2, 0.25) is 0 Å². The van der Waals surface area contributed by atoms with Gasteiger partial charge in [0.2, 0.25) is 0 Å². The van der Waals surface area contributed by atoms with E-state index in [1.54, 1.807) is 0 Å². The molecule has 0 aliphatic heterocycles. The molecule has 2 heterocycles. The van der Waals surface area contributed by atoms with E-state index in [0.29, 0.717) is 16.5 Å². The van der Waals surface area contributed by atoms with Gasteiger partial charge in [-0.25, -0.2) is 0 Å². The number of nitrogens with two attached hydrogens (primary N) is 1. The van der Waals surface area contributed by atoms with Crippen molar-refractivity contribution in [1.29, 1.82) is 0 Å². The molecule has 4 rings (SSSR count). The second-order valence-electron chi connectivity index (χ2n) is 8.43. The van der Waals surface area contributed by atoms with Crippen LogP contribution < -0.4 is 11.3 Å². The highest BCUT2D eigenvalue weighted by Gasteiger charge is 2.28. The first-order valence-corrected chi connectivity index (χ1v) is 11.0. The fourth-order valence-corrected chi connectivity index (χ4v) is 4.63. The fourth-order valence-electron chi connectivity index (χ4n) is 4.63. The summed E-state index contributed by atoms with van der Waals surface area (Å²) < 4.78 is 1.85. The van der Waals surface area contributed by atoms with Gasteiger partial charge in [0, 0.05) is 28.6 Å². The Morgan fingerprint density at radius 3 is 2.36 bits per heavy atom. The molecular formula is C27H27N3O3. The van der Waals surface area contributed by atoms with Crippen LogP contribution >= 0.6 is 0 Å². The zero-order valence-electron chi connectivity index (χ0n) is 19.0. The first kappa shape index (κ1) is 22.3. The summed E-state index contributed by atoms with van der Waals surface area (Å²) in [7, 11) is 0. The maximum Gasteiger partial charge on any atom is 0.266 e. The molecule has 0 saturated heterocycles. The molecule has 6 nitrogen and oxygen atoms in total. The van der Waals surface area contributed by atoms with Crippen LogP contribution in [0.4, 0.5) is 0 Å². The summed E-state index contributed by atoms with van der Waals surface area (Å²) in [4.78, 5) is 41.3. The smallest absolute Gasteiger partial charge is 0.266 e. The molecule has 0 fully saturated rings. The summed E-state index contributed by atoms with van der Waals surface area (Å²) in [5.74, 6) is -0.861. The first-order chi connectivity index (χ1) is 15.8. The fraction of sp³-hybridized carbons (Fsp3) is 0.222. The predicted octanol–water partition coefficient (Wildman–Crippen LogP) is 4.47. The number of carbonyl (C=O) groups is 2. The minimum Gasteiger partial charge on any atom is -0.364 e. The average molecular weight is 442 g/mol. The highest BCUT2D eigenvalue weighted by molar-refractivity contribution is 6.16. The normalized spacial score (nSPS) is 12.1. The van der Waals surface area contributed by atoms with Crippen LogP contribution in [0.15, 0.2) is 65.5 Å². The number of hydrogen-bond donors (Lipinski definition) is 2. The summed E-state index contributed by atoms with van der Waals surface area (Å²) in [6.45, 7) is 5.67. The van der Waals surface area contributed by atoms with Gasteiger partial charge < -0.3 is 15.3 Å². The summed E-state index contributed by atoms with van der Waals surface area (Å²) in [6.07, 6.45) is 0.382. The molecule has 33 heavy (non-hydrogen) atoms. The monoisotopic (exact) mass is 441 g/mol. The van der Waals surface area contributed by atoms with Crippen molar-refractivity contribution >= 4 is 22.6 Å². The number of ketones is 1. The van der Waals surface area contributed by atoms with Gasteiger partial charge >= 0.3 is 0 Å². The summed E-state index contributed by atoms with van der Waals surface area (Å²) in [5, 5.41) is 0.689. The molecule has 4 aromatic rings. The summed E-state index contributed by atoms with van der Waals surface area (Å²) in [5.41, 5.74) is 10.2. The van der Waals surface area contributed by atoms with Gasteiger partial charge in [0.15, 0.2) is 5.78 Å². The Morgan fingerprint density at radius 2 is 1.70 bits per heavy atom. The third-order valence-electron chi connectivity index (χ3n) is 6.19. The van der Waals surface area contributed by atoms with Gasteiger partial charge in [-0.3, -0.25) is 14.4 Å². The molecule has 1 atom stereocenters. The standard InChI is InChI=1S/C27H27N3O3/c1-16-15-17(2)29-27(33)20(16)13-14-23(31)24-21-11-7-8-12-22(21)30(25(24)26(28)32)18(3)19-9-5-4-6-10-19/h4-12,15,18H,13-14H2,1-3H3,(H2,28,32)(H,29,33). The van der Waals surface area contributed by atoms with Crippen molar-refractivity contribution in [1.82, 2.24) is 9.55 Å². The SMILES string of the molecule is Cc1cc(C)c(CCC(=O)c2c(C(N)=O)n(C(C)c3ccccc3)c3ccccc23)c(=O)[nH]1. The van der Waals surface area contributed by atoms with Crippen molar-refractivity contribution in [3.8, 4) is 0 Å². The number of nitrogens with one attached hydrogen (secondary N) is 1. The summed E-state index contributed by atoms with van der Waals surface area (Å²) in [6, 6.07) is 18.9. The number of rotatable bonds is 7. The summed E-state index contributed by atoms with van der Waals surface area (Å²) >= 11 is 0. The number of fused-ring (bicyclic) bond motifs is 1. The van der Waals surface area contributed by atoms with E-state index in [1.165, 1.54) is 0 Å². The van der Waals surface area contributed by atoms with Crippen LogP contribution in [-0.4, -0.2) is 21.2 Å². The Bertz CT molecular complexity index is 1410. The maximum absolute atomic E-state index is 13.5. The van der Waals surface area contributed by atoms with Crippen molar-refractivity contribution in [3.05, 3.63) is 105 Å². The minimum absolute atomic E-state index is 0.0982. The third kappa shape index (κ3) is 4.12. The van der Waals surface area contributed by atoms with Crippen molar-refractivity contribution in [3.63, 3.8) is 0 Å². The van der Waals surface area contributed by atoms with Crippen molar-refractivity contribution in [2.75, 3.05) is 0 Å². The van der Waals surface area contributed by atoms with Crippen LogP contribution in [-0.2, 0) is 6.42 Å². The van der Waals surface area contributed by atoms with Gasteiger partial charge in [-0.15, -0.1) is 0 Å². The topological polar surface area (TPSA) is 97.9 Å². The van der Waals surface area contributed by atoms with Gasteiger partial charge in [-0.2, -0.15) is 0 Å². The second-order valence-corrected chi connectivity index (χ2v) is 8.43. The molecule has 0 radical (unpaired) electrons. The van der Waals surface area contributed by atoms with Crippen LogP contribution in [0.3, 0.4) is 0 Å². The number of carbonyl (C=O) groups excluding carboxylic acids is 2. The van der Waals surface area contributed by atoms with Crippen LogP contribution in [0.25, 0.3) is 10.9 Å². The number of amides is 1. The lowest BCUT2D eigenvalue weighted by atomic mass is 9.98. The zero-order valence-corrected chi connectivity index (χ0v) is 19.0.